The number of fused-ring (bicyclic) bond motifs is 1. The average molecular weight is 211 g/mol. The van der Waals surface area contributed by atoms with Crippen LogP contribution in [0.3, 0.4) is 0 Å². The minimum atomic E-state index is 0.996. The van der Waals surface area contributed by atoms with E-state index in [0.717, 1.165) is 10.3 Å². The van der Waals surface area contributed by atoms with Crippen LogP contribution in [0.2, 0.25) is 0 Å². The molecule has 3 heteroatoms. The Hall–Kier alpha value is -0.830. The highest BCUT2D eigenvalue weighted by Gasteiger charge is 1.99. The summed E-state index contributed by atoms with van der Waals surface area (Å²) in [6, 6.07) is 4.06. The molecule has 11 heavy (non-hydrogen) atoms. The molecule has 0 unspecified atom stereocenters. The number of hydrogen-bond acceptors (Lipinski definition) is 1. The van der Waals surface area contributed by atoms with E-state index in [9.17, 15) is 0 Å². The van der Waals surface area contributed by atoms with Gasteiger partial charge in [-0.05, 0) is 34.5 Å². The first-order valence-corrected chi connectivity index (χ1v) is 4.16. The van der Waals surface area contributed by atoms with Crippen molar-refractivity contribution in [3.63, 3.8) is 0 Å². The van der Waals surface area contributed by atoms with Gasteiger partial charge in [0.15, 0.2) is 0 Å². The Morgan fingerprint density at radius 1 is 1.55 bits per heavy atom. The van der Waals surface area contributed by atoms with Crippen molar-refractivity contribution in [2.75, 3.05) is 0 Å². The van der Waals surface area contributed by atoms with E-state index in [-0.39, 0.29) is 0 Å². The Balaban J connectivity index is 2.94. The molecular formula is C8H7BrN2. The molecule has 2 aromatic heterocycles. The van der Waals surface area contributed by atoms with Crippen LogP contribution in [0.1, 0.15) is 5.56 Å². The predicted molar refractivity (Wildman–Crippen MR) is 47.6 cm³/mol. The Morgan fingerprint density at radius 3 is 3.09 bits per heavy atom. The van der Waals surface area contributed by atoms with Crippen LogP contribution in [0, 0.1) is 6.92 Å². The summed E-state index contributed by atoms with van der Waals surface area (Å²) in [6.45, 7) is 2.05. The van der Waals surface area contributed by atoms with Crippen LogP contribution in [0.15, 0.2) is 29.1 Å². The molecule has 0 amide bonds. The first-order valence-electron chi connectivity index (χ1n) is 3.37. The van der Waals surface area contributed by atoms with Crippen LogP contribution in [-0.4, -0.2) is 9.38 Å². The van der Waals surface area contributed by atoms with Gasteiger partial charge in [-0.25, -0.2) is 4.98 Å². The van der Waals surface area contributed by atoms with Gasteiger partial charge in [0.25, 0.3) is 0 Å². The zero-order valence-corrected chi connectivity index (χ0v) is 7.67. The van der Waals surface area contributed by atoms with Crippen molar-refractivity contribution in [1.82, 2.24) is 9.38 Å². The van der Waals surface area contributed by atoms with E-state index in [4.69, 9.17) is 0 Å². The molecule has 0 radical (unpaired) electrons. The molecule has 2 nitrogen and oxygen atoms in total. The maximum atomic E-state index is 4.23. The minimum Gasteiger partial charge on any atom is -0.294 e. The second-order valence-corrected chi connectivity index (χ2v) is 3.28. The normalized spacial score (nSPS) is 10.7. The fourth-order valence-corrected chi connectivity index (χ4v) is 1.51. The highest BCUT2D eigenvalue weighted by molar-refractivity contribution is 9.10. The van der Waals surface area contributed by atoms with Gasteiger partial charge >= 0.3 is 0 Å². The number of hydrogen-bond donors (Lipinski definition) is 0. The van der Waals surface area contributed by atoms with Crippen molar-refractivity contribution in [3.05, 3.63) is 34.7 Å². The molecule has 56 valence electrons. The summed E-state index contributed by atoms with van der Waals surface area (Å²) in [4.78, 5) is 4.23. The van der Waals surface area contributed by atoms with E-state index in [0.29, 0.717) is 0 Å². The fraction of sp³-hybridized carbons (Fsp3) is 0.125. The Morgan fingerprint density at radius 2 is 2.36 bits per heavy atom. The molecule has 0 saturated heterocycles. The van der Waals surface area contributed by atoms with E-state index < -0.39 is 0 Å². The predicted octanol–water partition coefficient (Wildman–Crippen LogP) is 2.41. The second-order valence-electron chi connectivity index (χ2n) is 2.47. The van der Waals surface area contributed by atoms with Crippen molar-refractivity contribution < 1.29 is 0 Å². The lowest BCUT2D eigenvalue weighted by atomic mass is 10.3. The quantitative estimate of drug-likeness (QED) is 0.653. The van der Waals surface area contributed by atoms with E-state index in [2.05, 4.69) is 33.9 Å². The molecule has 2 heterocycles. The van der Waals surface area contributed by atoms with Gasteiger partial charge in [0.05, 0.1) is 6.20 Å². The van der Waals surface area contributed by atoms with Gasteiger partial charge in [-0.1, -0.05) is 6.07 Å². The van der Waals surface area contributed by atoms with Gasteiger partial charge in [-0.15, -0.1) is 0 Å². The van der Waals surface area contributed by atoms with Gasteiger partial charge in [-0.2, -0.15) is 0 Å². The number of rotatable bonds is 0. The largest absolute Gasteiger partial charge is 0.294 e. The molecule has 0 saturated carbocycles. The van der Waals surface area contributed by atoms with E-state index in [1.165, 1.54) is 5.56 Å². The standard InChI is InChI=1S/C8H7BrN2/c1-6-3-2-4-11-7(9)5-10-8(6)11/h2-5H,1H3. The first-order chi connectivity index (χ1) is 5.29. The maximum Gasteiger partial charge on any atom is 0.140 e. The van der Waals surface area contributed by atoms with Crippen molar-refractivity contribution in [2.45, 2.75) is 6.92 Å². The number of aromatic nitrogens is 2. The van der Waals surface area contributed by atoms with Crippen molar-refractivity contribution in [3.8, 4) is 0 Å². The zero-order valence-electron chi connectivity index (χ0n) is 6.08. The first kappa shape index (κ1) is 6.85. The lowest BCUT2D eigenvalue weighted by Gasteiger charge is -1.96. The van der Waals surface area contributed by atoms with Crippen LogP contribution in [0.4, 0.5) is 0 Å². The van der Waals surface area contributed by atoms with E-state index in [1.807, 2.05) is 22.9 Å². The summed E-state index contributed by atoms with van der Waals surface area (Å²) in [5, 5.41) is 0. The van der Waals surface area contributed by atoms with Gasteiger partial charge < -0.3 is 0 Å². The second kappa shape index (κ2) is 2.34. The Labute approximate surface area is 73.0 Å². The van der Waals surface area contributed by atoms with E-state index >= 15 is 0 Å². The molecule has 2 rings (SSSR count). The number of aryl methyl sites for hydroxylation is 1. The molecule has 2 aromatic rings. The molecule has 0 aromatic carbocycles. The number of pyridine rings is 1. The Bertz CT molecular complexity index is 392. The van der Waals surface area contributed by atoms with Crippen molar-refractivity contribution in [2.24, 2.45) is 0 Å². The molecular weight excluding hydrogens is 204 g/mol. The molecule has 0 aliphatic rings. The third-order valence-electron chi connectivity index (χ3n) is 1.69. The third kappa shape index (κ3) is 0.959. The Kier molecular flexibility index (Phi) is 1.46. The lowest BCUT2D eigenvalue weighted by molar-refractivity contribution is 1.14. The summed E-state index contributed by atoms with van der Waals surface area (Å²) < 4.78 is 3.01. The van der Waals surface area contributed by atoms with Crippen LogP contribution in [-0.2, 0) is 0 Å². The molecule has 0 aliphatic heterocycles. The monoisotopic (exact) mass is 210 g/mol. The summed E-state index contributed by atoms with van der Waals surface area (Å²) in [5.74, 6) is 0. The number of halogens is 1. The van der Waals surface area contributed by atoms with Crippen LogP contribution in [0.5, 0.6) is 0 Å². The molecule has 0 spiro atoms. The minimum absolute atomic E-state index is 0.996. The van der Waals surface area contributed by atoms with Gasteiger partial charge in [0.2, 0.25) is 0 Å². The zero-order chi connectivity index (χ0) is 7.84. The summed E-state index contributed by atoms with van der Waals surface area (Å²) >= 11 is 3.40. The van der Waals surface area contributed by atoms with E-state index in [1.54, 1.807) is 0 Å². The van der Waals surface area contributed by atoms with Crippen LogP contribution < -0.4 is 0 Å². The summed E-state index contributed by atoms with van der Waals surface area (Å²) in [5.41, 5.74) is 2.21. The maximum absolute atomic E-state index is 4.23. The van der Waals surface area contributed by atoms with Gasteiger partial charge in [0.1, 0.15) is 10.3 Å². The molecule has 0 N–H and O–H groups in total. The van der Waals surface area contributed by atoms with Gasteiger partial charge in [0, 0.05) is 6.20 Å². The molecule has 0 aliphatic carbocycles. The molecule has 0 fully saturated rings. The smallest absolute Gasteiger partial charge is 0.140 e. The topological polar surface area (TPSA) is 17.3 Å². The molecule has 0 bridgehead atoms. The summed E-state index contributed by atoms with van der Waals surface area (Å²) in [7, 11) is 0. The number of nitrogens with zero attached hydrogens (tertiary/aromatic N) is 2. The fourth-order valence-electron chi connectivity index (χ4n) is 1.12. The third-order valence-corrected chi connectivity index (χ3v) is 2.27. The lowest BCUT2D eigenvalue weighted by Crippen LogP contribution is -1.85. The highest BCUT2D eigenvalue weighted by atomic mass is 79.9. The molecule has 0 atom stereocenters. The highest BCUT2D eigenvalue weighted by Crippen LogP contribution is 2.14. The van der Waals surface area contributed by atoms with Gasteiger partial charge in [-0.3, -0.25) is 4.40 Å². The SMILES string of the molecule is Cc1cccn2c(Br)cnc12. The average Bonchev–Trinajstić information content (AvgIpc) is 2.35. The van der Waals surface area contributed by atoms with Crippen molar-refractivity contribution >= 4 is 21.6 Å². The number of imidazole rings is 1. The van der Waals surface area contributed by atoms with Crippen LogP contribution in [0.25, 0.3) is 5.65 Å². The summed E-state index contributed by atoms with van der Waals surface area (Å²) in [6.07, 6.45) is 3.79. The van der Waals surface area contributed by atoms with Crippen LogP contribution >= 0.6 is 15.9 Å². The van der Waals surface area contributed by atoms with Crippen molar-refractivity contribution in [1.29, 1.82) is 0 Å².